The lowest BCUT2D eigenvalue weighted by atomic mass is 10.1. The molecule has 0 atom stereocenters. The number of aryl methyl sites for hydroxylation is 1. The van der Waals surface area contributed by atoms with Crippen molar-refractivity contribution in [1.82, 2.24) is 9.21 Å². The number of sulfonamides is 1. The molecule has 1 fully saturated rings. The van der Waals surface area contributed by atoms with Crippen molar-refractivity contribution >= 4 is 44.9 Å². The van der Waals surface area contributed by atoms with Gasteiger partial charge in [-0.3, -0.25) is 4.79 Å². The van der Waals surface area contributed by atoms with E-state index >= 15 is 0 Å². The minimum absolute atomic E-state index is 0.107. The maximum absolute atomic E-state index is 12.6. The average molecular weight is 411 g/mol. The van der Waals surface area contributed by atoms with E-state index in [1.165, 1.54) is 10.4 Å². The Bertz CT molecular complexity index is 929. The molecule has 138 valence electrons. The normalized spacial score (nSPS) is 16.3. The second-order valence-corrected chi connectivity index (χ2v) is 9.86. The monoisotopic (exact) mass is 410 g/mol. The Labute approximate surface area is 162 Å². The van der Waals surface area contributed by atoms with Crippen molar-refractivity contribution in [3.63, 3.8) is 0 Å². The lowest BCUT2D eigenvalue weighted by Crippen LogP contribution is -2.50. The van der Waals surface area contributed by atoms with Crippen LogP contribution in [0, 0.1) is 6.92 Å². The minimum Gasteiger partial charge on any atom is -0.337 e. The maximum Gasteiger partial charge on any atom is 0.252 e. The highest BCUT2D eigenvalue weighted by Gasteiger charge is 2.30. The lowest BCUT2D eigenvalue weighted by Gasteiger charge is -2.33. The Morgan fingerprint density at radius 1 is 1.12 bits per heavy atom. The maximum atomic E-state index is 12.6. The van der Waals surface area contributed by atoms with Gasteiger partial charge in [-0.2, -0.15) is 4.31 Å². The summed E-state index contributed by atoms with van der Waals surface area (Å²) in [7, 11) is -3.54. The zero-order valence-corrected chi connectivity index (χ0v) is 16.6. The van der Waals surface area contributed by atoms with E-state index < -0.39 is 10.0 Å². The smallest absolute Gasteiger partial charge is 0.252 e. The van der Waals surface area contributed by atoms with E-state index in [2.05, 4.69) is 0 Å². The number of benzene rings is 1. The second kappa shape index (κ2) is 7.92. The molecule has 5 nitrogen and oxygen atoms in total. The van der Waals surface area contributed by atoms with Crippen molar-refractivity contribution in [3.05, 3.63) is 57.9 Å². The number of piperazine rings is 1. The fourth-order valence-corrected chi connectivity index (χ4v) is 5.81. The molecule has 1 saturated heterocycles. The number of thiophene rings is 1. The SMILES string of the molecule is Cc1ccccc1/C=C/C(=O)N1CCN(S(=O)(=O)c2ccc(Cl)s2)CC1. The molecular weight excluding hydrogens is 392 g/mol. The lowest BCUT2D eigenvalue weighted by molar-refractivity contribution is -0.127. The summed E-state index contributed by atoms with van der Waals surface area (Å²) in [5.74, 6) is -0.107. The molecule has 0 unspecified atom stereocenters. The van der Waals surface area contributed by atoms with Crippen LogP contribution < -0.4 is 0 Å². The number of carbonyl (C=O) groups is 1. The molecule has 26 heavy (non-hydrogen) atoms. The molecule has 1 aliphatic heterocycles. The van der Waals surface area contributed by atoms with Crippen molar-refractivity contribution in [3.8, 4) is 0 Å². The molecule has 8 heteroatoms. The van der Waals surface area contributed by atoms with Gasteiger partial charge in [0, 0.05) is 32.3 Å². The van der Waals surface area contributed by atoms with Crippen LogP contribution in [0.4, 0.5) is 0 Å². The van der Waals surface area contributed by atoms with Gasteiger partial charge in [0.2, 0.25) is 5.91 Å². The molecule has 0 aliphatic carbocycles. The standard InChI is InChI=1S/C18H19ClN2O3S2/c1-14-4-2-3-5-15(14)6-8-17(22)20-10-12-21(13-11-20)26(23,24)18-9-7-16(19)25-18/h2-9H,10-13H2,1H3/b8-6+. The predicted molar refractivity (Wildman–Crippen MR) is 105 cm³/mol. The van der Waals surface area contributed by atoms with E-state index in [0.717, 1.165) is 22.5 Å². The van der Waals surface area contributed by atoms with Gasteiger partial charge >= 0.3 is 0 Å². The fourth-order valence-electron chi connectivity index (χ4n) is 2.75. The number of hydrogen-bond acceptors (Lipinski definition) is 4. The first-order valence-corrected chi connectivity index (χ1v) is 10.8. The number of nitrogens with zero attached hydrogens (tertiary/aromatic N) is 2. The summed E-state index contributed by atoms with van der Waals surface area (Å²) in [6.07, 6.45) is 3.35. The number of rotatable bonds is 4. The van der Waals surface area contributed by atoms with E-state index in [0.29, 0.717) is 17.4 Å². The van der Waals surface area contributed by atoms with Gasteiger partial charge < -0.3 is 4.90 Å². The molecule has 0 spiro atoms. The summed E-state index contributed by atoms with van der Waals surface area (Å²) in [5, 5.41) is 0. The molecule has 2 heterocycles. The topological polar surface area (TPSA) is 57.7 Å². The first kappa shape index (κ1) is 19.1. The van der Waals surface area contributed by atoms with Gasteiger partial charge in [-0.05, 0) is 36.3 Å². The number of amides is 1. The summed E-state index contributed by atoms with van der Waals surface area (Å²) in [5.41, 5.74) is 2.10. The van der Waals surface area contributed by atoms with Gasteiger partial charge in [0.15, 0.2) is 0 Å². The average Bonchev–Trinajstić information content (AvgIpc) is 3.08. The van der Waals surface area contributed by atoms with Crippen molar-refractivity contribution in [2.75, 3.05) is 26.2 Å². The Kier molecular flexibility index (Phi) is 5.82. The molecule has 0 saturated carbocycles. The zero-order chi connectivity index (χ0) is 18.7. The van der Waals surface area contributed by atoms with E-state index in [9.17, 15) is 13.2 Å². The molecule has 0 radical (unpaired) electrons. The molecule has 2 aromatic rings. The Hall–Kier alpha value is -1.67. The molecule has 0 bridgehead atoms. The quantitative estimate of drug-likeness (QED) is 0.727. The van der Waals surface area contributed by atoms with Crippen LogP contribution in [0.25, 0.3) is 6.08 Å². The third-order valence-corrected chi connectivity index (χ3v) is 7.88. The van der Waals surface area contributed by atoms with Crippen LogP contribution in [-0.4, -0.2) is 49.7 Å². The van der Waals surface area contributed by atoms with Crippen LogP contribution in [-0.2, 0) is 14.8 Å². The first-order valence-electron chi connectivity index (χ1n) is 8.16. The van der Waals surface area contributed by atoms with Crippen LogP contribution in [0.1, 0.15) is 11.1 Å². The molecule has 3 rings (SSSR count). The van der Waals surface area contributed by atoms with E-state index in [1.54, 1.807) is 23.1 Å². The van der Waals surface area contributed by atoms with E-state index in [1.807, 2.05) is 31.2 Å². The van der Waals surface area contributed by atoms with E-state index in [-0.39, 0.29) is 23.2 Å². The fraction of sp³-hybridized carbons (Fsp3) is 0.278. The van der Waals surface area contributed by atoms with Crippen LogP contribution >= 0.6 is 22.9 Å². The number of halogens is 1. The second-order valence-electron chi connectivity index (χ2n) is 5.98. The zero-order valence-electron chi connectivity index (χ0n) is 14.3. The molecule has 0 N–H and O–H groups in total. The van der Waals surface area contributed by atoms with Crippen molar-refractivity contribution in [2.24, 2.45) is 0 Å². The van der Waals surface area contributed by atoms with Gasteiger partial charge in [-0.1, -0.05) is 35.9 Å². The number of hydrogen-bond donors (Lipinski definition) is 0. The molecule has 1 aliphatic rings. The van der Waals surface area contributed by atoms with Crippen molar-refractivity contribution in [2.45, 2.75) is 11.1 Å². The van der Waals surface area contributed by atoms with E-state index in [4.69, 9.17) is 11.6 Å². The van der Waals surface area contributed by atoms with Crippen LogP contribution in [0.3, 0.4) is 0 Å². The Balaban J connectivity index is 1.61. The van der Waals surface area contributed by atoms with Gasteiger partial charge in [-0.25, -0.2) is 8.42 Å². The van der Waals surface area contributed by atoms with Gasteiger partial charge in [0.1, 0.15) is 4.21 Å². The van der Waals surface area contributed by atoms with Crippen molar-refractivity contribution < 1.29 is 13.2 Å². The Morgan fingerprint density at radius 2 is 1.81 bits per heavy atom. The summed E-state index contributed by atoms with van der Waals surface area (Å²) >= 11 is 6.89. The summed E-state index contributed by atoms with van der Waals surface area (Å²) in [6, 6.07) is 10.9. The largest absolute Gasteiger partial charge is 0.337 e. The first-order chi connectivity index (χ1) is 12.4. The highest BCUT2D eigenvalue weighted by molar-refractivity contribution is 7.91. The number of carbonyl (C=O) groups excluding carboxylic acids is 1. The molecule has 1 aromatic carbocycles. The van der Waals surface area contributed by atoms with Gasteiger partial charge in [0.25, 0.3) is 10.0 Å². The predicted octanol–water partition coefficient (Wildman–Crippen LogP) is 3.26. The highest BCUT2D eigenvalue weighted by Crippen LogP contribution is 2.28. The molecule has 1 amide bonds. The Morgan fingerprint density at radius 3 is 2.42 bits per heavy atom. The summed E-state index contributed by atoms with van der Waals surface area (Å²) in [6.45, 7) is 3.29. The van der Waals surface area contributed by atoms with Crippen LogP contribution in [0.5, 0.6) is 0 Å². The van der Waals surface area contributed by atoms with Crippen LogP contribution in [0.15, 0.2) is 46.7 Å². The van der Waals surface area contributed by atoms with Gasteiger partial charge in [0.05, 0.1) is 4.34 Å². The molecular formula is C18H19ClN2O3S2. The molecule has 1 aromatic heterocycles. The highest BCUT2D eigenvalue weighted by atomic mass is 35.5. The minimum atomic E-state index is -3.54. The third-order valence-electron chi connectivity index (χ3n) is 4.29. The summed E-state index contributed by atoms with van der Waals surface area (Å²) in [4.78, 5) is 14.0. The summed E-state index contributed by atoms with van der Waals surface area (Å²) < 4.78 is 27.3. The van der Waals surface area contributed by atoms with Gasteiger partial charge in [-0.15, -0.1) is 11.3 Å². The third kappa shape index (κ3) is 4.17. The van der Waals surface area contributed by atoms with Crippen LogP contribution in [0.2, 0.25) is 4.34 Å². The van der Waals surface area contributed by atoms with Crippen molar-refractivity contribution in [1.29, 1.82) is 0 Å².